The van der Waals surface area contributed by atoms with Crippen molar-refractivity contribution in [2.24, 2.45) is 0 Å². The zero-order valence-electron chi connectivity index (χ0n) is 13.4. The van der Waals surface area contributed by atoms with E-state index in [0.29, 0.717) is 28.8 Å². The van der Waals surface area contributed by atoms with Crippen molar-refractivity contribution in [3.05, 3.63) is 76.9 Å². The zero-order valence-corrected chi connectivity index (χ0v) is 15.0. The topological polar surface area (TPSA) is 55.1 Å². The Labute approximate surface area is 155 Å². The molecule has 0 aliphatic carbocycles. The number of rotatable bonds is 7. The lowest BCUT2D eigenvalue weighted by Gasteiger charge is -2.03. The minimum Gasteiger partial charge on any atom is -0.356 e. The number of amides is 1. The van der Waals surface area contributed by atoms with E-state index in [4.69, 9.17) is 16.1 Å². The summed E-state index contributed by atoms with van der Waals surface area (Å²) in [5.74, 6) is 1.87. The number of halogens is 1. The number of nitrogens with zero attached hydrogens (tertiary/aromatic N) is 1. The van der Waals surface area contributed by atoms with Crippen LogP contribution < -0.4 is 5.32 Å². The SMILES string of the molecule is O=C(CSCc1ccccc1)NCc1cc(-c2ccc(Cl)cc2)on1. The smallest absolute Gasteiger partial charge is 0.230 e. The first-order valence-electron chi connectivity index (χ1n) is 7.80. The maximum atomic E-state index is 11.9. The highest BCUT2D eigenvalue weighted by Crippen LogP contribution is 2.22. The summed E-state index contributed by atoms with van der Waals surface area (Å²) in [4.78, 5) is 11.9. The number of hydrogen-bond donors (Lipinski definition) is 1. The number of aromatic nitrogens is 1. The second-order valence-corrected chi connectivity index (χ2v) is 6.87. The molecule has 0 bridgehead atoms. The molecule has 1 aromatic heterocycles. The maximum Gasteiger partial charge on any atom is 0.230 e. The van der Waals surface area contributed by atoms with E-state index in [2.05, 4.69) is 22.6 Å². The first-order valence-corrected chi connectivity index (χ1v) is 9.34. The molecule has 0 saturated heterocycles. The molecule has 3 rings (SSSR count). The van der Waals surface area contributed by atoms with Gasteiger partial charge in [0.15, 0.2) is 5.76 Å². The summed E-state index contributed by atoms with van der Waals surface area (Å²) in [5.41, 5.74) is 2.80. The molecule has 0 aliphatic heterocycles. The molecule has 1 heterocycles. The Kier molecular flexibility index (Phi) is 6.14. The van der Waals surface area contributed by atoms with Crippen LogP contribution in [0, 0.1) is 0 Å². The molecule has 1 N–H and O–H groups in total. The van der Waals surface area contributed by atoms with E-state index in [-0.39, 0.29) is 5.91 Å². The van der Waals surface area contributed by atoms with Gasteiger partial charge in [-0.2, -0.15) is 0 Å². The van der Waals surface area contributed by atoms with Crippen molar-refractivity contribution in [1.82, 2.24) is 10.5 Å². The molecule has 3 aromatic rings. The lowest BCUT2D eigenvalue weighted by atomic mass is 10.1. The molecule has 0 saturated carbocycles. The third-order valence-electron chi connectivity index (χ3n) is 3.50. The van der Waals surface area contributed by atoms with Crippen LogP contribution in [-0.4, -0.2) is 16.8 Å². The van der Waals surface area contributed by atoms with Gasteiger partial charge in [0, 0.05) is 22.4 Å². The van der Waals surface area contributed by atoms with Gasteiger partial charge in [-0.3, -0.25) is 4.79 Å². The predicted octanol–water partition coefficient (Wildman–Crippen LogP) is 4.54. The summed E-state index contributed by atoms with van der Waals surface area (Å²) in [6.45, 7) is 0.349. The Morgan fingerprint density at radius 3 is 2.64 bits per heavy atom. The lowest BCUT2D eigenvalue weighted by Crippen LogP contribution is -2.24. The molecular weight excluding hydrogens is 356 g/mol. The third-order valence-corrected chi connectivity index (χ3v) is 4.75. The molecule has 4 nitrogen and oxygen atoms in total. The summed E-state index contributed by atoms with van der Waals surface area (Å²) in [7, 11) is 0. The highest BCUT2D eigenvalue weighted by atomic mass is 35.5. The number of carbonyl (C=O) groups is 1. The van der Waals surface area contributed by atoms with Gasteiger partial charge in [0.05, 0.1) is 12.3 Å². The van der Waals surface area contributed by atoms with Crippen LogP contribution in [-0.2, 0) is 17.1 Å². The van der Waals surface area contributed by atoms with E-state index < -0.39 is 0 Å². The van der Waals surface area contributed by atoms with E-state index in [1.807, 2.05) is 36.4 Å². The van der Waals surface area contributed by atoms with Crippen molar-refractivity contribution in [2.45, 2.75) is 12.3 Å². The van der Waals surface area contributed by atoms with Gasteiger partial charge in [-0.25, -0.2) is 0 Å². The van der Waals surface area contributed by atoms with Gasteiger partial charge in [0.25, 0.3) is 0 Å². The lowest BCUT2D eigenvalue weighted by molar-refractivity contribution is -0.118. The number of benzene rings is 2. The molecule has 0 unspecified atom stereocenters. The number of nitrogens with one attached hydrogen (secondary N) is 1. The molecule has 0 spiro atoms. The minimum atomic E-state index is -0.0167. The van der Waals surface area contributed by atoms with Gasteiger partial charge in [-0.1, -0.05) is 47.1 Å². The summed E-state index contributed by atoms with van der Waals surface area (Å²) in [5, 5.41) is 7.51. The van der Waals surface area contributed by atoms with Crippen molar-refractivity contribution in [2.75, 3.05) is 5.75 Å². The van der Waals surface area contributed by atoms with E-state index in [1.165, 1.54) is 5.56 Å². The van der Waals surface area contributed by atoms with Crippen LogP contribution in [0.4, 0.5) is 0 Å². The Balaban J connectivity index is 1.44. The second kappa shape index (κ2) is 8.74. The predicted molar refractivity (Wildman–Crippen MR) is 101 cm³/mol. The van der Waals surface area contributed by atoms with Gasteiger partial charge >= 0.3 is 0 Å². The van der Waals surface area contributed by atoms with Crippen molar-refractivity contribution in [3.8, 4) is 11.3 Å². The van der Waals surface area contributed by atoms with Gasteiger partial charge in [0.1, 0.15) is 5.69 Å². The van der Waals surface area contributed by atoms with E-state index in [9.17, 15) is 4.79 Å². The third kappa shape index (κ3) is 5.37. The average Bonchev–Trinajstić information content (AvgIpc) is 3.10. The highest BCUT2D eigenvalue weighted by Gasteiger charge is 2.08. The monoisotopic (exact) mass is 372 g/mol. The van der Waals surface area contributed by atoms with Crippen molar-refractivity contribution in [3.63, 3.8) is 0 Å². The zero-order chi connectivity index (χ0) is 17.5. The maximum absolute atomic E-state index is 11.9. The molecule has 0 aliphatic rings. The number of hydrogen-bond acceptors (Lipinski definition) is 4. The number of thioether (sulfide) groups is 1. The molecule has 0 fully saturated rings. The van der Waals surface area contributed by atoms with Gasteiger partial charge in [-0.05, 0) is 29.8 Å². The fourth-order valence-electron chi connectivity index (χ4n) is 2.22. The summed E-state index contributed by atoms with van der Waals surface area (Å²) < 4.78 is 5.31. The van der Waals surface area contributed by atoms with Crippen molar-refractivity contribution in [1.29, 1.82) is 0 Å². The Bertz CT molecular complexity index is 819. The minimum absolute atomic E-state index is 0.0167. The summed E-state index contributed by atoms with van der Waals surface area (Å²) in [6.07, 6.45) is 0. The van der Waals surface area contributed by atoms with Crippen molar-refractivity contribution < 1.29 is 9.32 Å². The van der Waals surface area contributed by atoms with Crippen LogP contribution in [0.15, 0.2) is 65.2 Å². The van der Waals surface area contributed by atoms with Gasteiger partial charge in [0.2, 0.25) is 5.91 Å². The molecule has 0 atom stereocenters. The highest BCUT2D eigenvalue weighted by molar-refractivity contribution is 7.99. The fraction of sp³-hybridized carbons (Fsp3) is 0.158. The average molecular weight is 373 g/mol. The van der Waals surface area contributed by atoms with E-state index >= 15 is 0 Å². The standard InChI is InChI=1S/C19H17ClN2O2S/c20-16-8-6-15(7-9-16)18-10-17(22-24-18)11-21-19(23)13-25-12-14-4-2-1-3-5-14/h1-10H,11-13H2,(H,21,23). The summed E-state index contributed by atoms with van der Waals surface area (Å²) in [6, 6.07) is 19.2. The Morgan fingerprint density at radius 2 is 1.88 bits per heavy atom. The molecule has 6 heteroatoms. The molecule has 1 amide bonds. The van der Waals surface area contributed by atoms with Crippen molar-refractivity contribution >= 4 is 29.3 Å². The van der Waals surface area contributed by atoms with Gasteiger partial charge in [-0.15, -0.1) is 11.8 Å². The molecule has 128 valence electrons. The molecule has 0 radical (unpaired) electrons. The largest absolute Gasteiger partial charge is 0.356 e. The van der Waals surface area contributed by atoms with Crippen LogP contribution in [0.5, 0.6) is 0 Å². The van der Waals surface area contributed by atoms with Crippen LogP contribution >= 0.6 is 23.4 Å². The van der Waals surface area contributed by atoms with Crippen LogP contribution in [0.25, 0.3) is 11.3 Å². The van der Waals surface area contributed by atoms with Crippen LogP contribution in [0.1, 0.15) is 11.3 Å². The van der Waals surface area contributed by atoms with Crippen LogP contribution in [0.3, 0.4) is 0 Å². The quantitative estimate of drug-likeness (QED) is 0.661. The second-order valence-electron chi connectivity index (χ2n) is 5.44. The van der Waals surface area contributed by atoms with Crippen LogP contribution in [0.2, 0.25) is 5.02 Å². The molecule has 2 aromatic carbocycles. The Morgan fingerprint density at radius 1 is 1.12 bits per heavy atom. The fourth-order valence-corrected chi connectivity index (χ4v) is 3.16. The number of carbonyl (C=O) groups excluding carboxylic acids is 1. The Hall–Kier alpha value is -2.24. The van der Waals surface area contributed by atoms with Gasteiger partial charge < -0.3 is 9.84 Å². The van der Waals surface area contributed by atoms with E-state index in [1.54, 1.807) is 23.9 Å². The first-order chi connectivity index (χ1) is 12.2. The normalized spacial score (nSPS) is 10.6. The molecular formula is C19H17ClN2O2S. The first kappa shape index (κ1) is 17.6. The molecule has 25 heavy (non-hydrogen) atoms. The van der Waals surface area contributed by atoms with E-state index in [0.717, 1.165) is 11.3 Å². The summed E-state index contributed by atoms with van der Waals surface area (Å²) >= 11 is 7.46.